The fraction of sp³-hybridized carbons (Fsp3) is 0.533. The van der Waals surface area contributed by atoms with Gasteiger partial charge in [0.25, 0.3) is 0 Å². The Kier molecular flexibility index (Phi) is 7.15. The van der Waals surface area contributed by atoms with Crippen molar-refractivity contribution >= 4 is 5.91 Å². The lowest BCUT2D eigenvalue weighted by atomic mass is 10.1. The number of carbonyl (C=O) groups excluding carboxylic acids is 1. The Morgan fingerprint density at radius 1 is 1.26 bits per heavy atom. The Balaban J connectivity index is 2.17. The average molecular weight is 264 g/mol. The van der Waals surface area contributed by atoms with Crippen molar-refractivity contribution in [3.63, 3.8) is 0 Å². The molecule has 19 heavy (non-hydrogen) atoms. The van der Waals surface area contributed by atoms with Crippen LogP contribution < -0.4 is 11.1 Å². The molecule has 0 aliphatic heterocycles. The van der Waals surface area contributed by atoms with E-state index in [1.807, 2.05) is 30.3 Å². The van der Waals surface area contributed by atoms with Gasteiger partial charge in [0.1, 0.15) is 6.04 Å². The molecular weight excluding hydrogens is 240 g/mol. The standard InChI is InChI=1S/C15H24N2O2/c1-12(2)8-10-19-11-9-17-15(18)14(16)13-6-4-3-5-7-13/h3-7,12,14H,8-11,16H2,1-2H3,(H,17,18)/t14-/m0/s1. The number of nitrogens with two attached hydrogens (primary N) is 1. The van der Waals surface area contributed by atoms with Gasteiger partial charge in [-0.2, -0.15) is 0 Å². The molecule has 1 aromatic rings. The summed E-state index contributed by atoms with van der Waals surface area (Å²) in [6, 6.07) is 8.73. The molecule has 0 radical (unpaired) electrons. The highest BCUT2D eigenvalue weighted by Gasteiger charge is 2.14. The smallest absolute Gasteiger partial charge is 0.241 e. The van der Waals surface area contributed by atoms with Gasteiger partial charge in [-0.05, 0) is 17.9 Å². The molecule has 4 nitrogen and oxygen atoms in total. The van der Waals surface area contributed by atoms with Gasteiger partial charge < -0.3 is 15.8 Å². The topological polar surface area (TPSA) is 64.3 Å². The quantitative estimate of drug-likeness (QED) is 0.704. The summed E-state index contributed by atoms with van der Waals surface area (Å²) >= 11 is 0. The first-order chi connectivity index (χ1) is 9.11. The molecule has 0 aromatic heterocycles. The number of hydrogen-bond donors (Lipinski definition) is 2. The Morgan fingerprint density at radius 2 is 1.95 bits per heavy atom. The molecular formula is C15H24N2O2. The second kappa shape index (κ2) is 8.67. The number of carbonyl (C=O) groups is 1. The second-order valence-electron chi connectivity index (χ2n) is 4.97. The summed E-state index contributed by atoms with van der Waals surface area (Å²) in [6.07, 6.45) is 1.04. The van der Waals surface area contributed by atoms with Crippen LogP contribution in [0.5, 0.6) is 0 Å². The van der Waals surface area contributed by atoms with E-state index < -0.39 is 6.04 Å². The van der Waals surface area contributed by atoms with E-state index in [0.29, 0.717) is 19.1 Å². The van der Waals surface area contributed by atoms with E-state index in [4.69, 9.17) is 10.5 Å². The summed E-state index contributed by atoms with van der Waals surface area (Å²) in [7, 11) is 0. The third-order valence-corrected chi connectivity index (χ3v) is 2.83. The molecule has 0 unspecified atom stereocenters. The molecule has 0 bridgehead atoms. The lowest BCUT2D eigenvalue weighted by Crippen LogP contribution is -2.36. The van der Waals surface area contributed by atoms with Crippen LogP contribution in [-0.2, 0) is 9.53 Å². The number of nitrogens with one attached hydrogen (secondary N) is 1. The van der Waals surface area contributed by atoms with Crippen molar-refractivity contribution < 1.29 is 9.53 Å². The fourth-order valence-electron chi connectivity index (χ4n) is 1.59. The Labute approximate surface area is 115 Å². The summed E-state index contributed by atoms with van der Waals surface area (Å²) in [6.45, 7) is 6.07. The van der Waals surface area contributed by atoms with Crippen LogP contribution in [0.2, 0.25) is 0 Å². The third-order valence-electron chi connectivity index (χ3n) is 2.83. The third kappa shape index (κ3) is 6.36. The minimum absolute atomic E-state index is 0.168. The molecule has 1 amide bonds. The summed E-state index contributed by atoms with van der Waals surface area (Å²) in [5, 5.41) is 2.78. The van der Waals surface area contributed by atoms with Crippen molar-refractivity contribution in [3.8, 4) is 0 Å². The molecule has 1 aromatic carbocycles. The first-order valence-corrected chi connectivity index (χ1v) is 6.77. The lowest BCUT2D eigenvalue weighted by Gasteiger charge is -2.12. The van der Waals surface area contributed by atoms with Gasteiger partial charge in [-0.1, -0.05) is 44.2 Å². The SMILES string of the molecule is CC(C)CCOCCNC(=O)[C@@H](N)c1ccccc1. The molecule has 4 heteroatoms. The highest BCUT2D eigenvalue weighted by atomic mass is 16.5. The number of rotatable bonds is 8. The van der Waals surface area contributed by atoms with Crippen molar-refractivity contribution in [1.82, 2.24) is 5.32 Å². The summed E-state index contributed by atoms with van der Waals surface area (Å²) in [4.78, 5) is 11.8. The maximum absolute atomic E-state index is 11.8. The number of benzene rings is 1. The zero-order valence-electron chi connectivity index (χ0n) is 11.8. The van der Waals surface area contributed by atoms with E-state index in [2.05, 4.69) is 19.2 Å². The van der Waals surface area contributed by atoms with Gasteiger partial charge in [0.15, 0.2) is 0 Å². The van der Waals surface area contributed by atoms with Gasteiger partial charge in [0.05, 0.1) is 6.61 Å². The minimum Gasteiger partial charge on any atom is -0.380 e. The molecule has 1 rings (SSSR count). The number of hydrogen-bond acceptors (Lipinski definition) is 3. The second-order valence-corrected chi connectivity index (χ2v) is 4.97. The Morgan fingerprint density at radius 3 is 2.58 bits per heavy atom. The van der Waals surface area contributed by atoms with E-state index in [0.717, 1.165) is 18.6 Å². The lowest BCUT2D eigenvalue weighted by molar-refractivity contribution is -0.122. The zero-order valence-corrected chi connectivity index (χ0v) is 11.8. The molecule has 0 aliphatic rings. The van der Waals surface area contributed by atoms with Crippen LogP contribution in [-0.4, -0.2) is 25.7 Å². The van der Waals surface area contributed by atoms with Crippen molar-refractivity contribution in [2.45, 2.75) is 26.3 Å². The molecule has 0 fully saturated rings. The normalized spacial score (nSPS) is 12.4. The Bertz CT molecular complexity index is 366. The monoisotopic (exact) mass is 264 g/mol. The van der Waals surface area contributed by atoms with Crippen molar-refractivity contribution in [2.24, 2.45) is 11.7 Å². The van der Waals surface area contributed by atoms with Gasteiger partial charge in [-0.3, -0.25) is 4.79 Å². The summed E-state index contributed by atoms with van der Waals surface area (Å²) in [5.74, 6) is 0.472. The summed E-state index contributed by atoms with van der Waals surface area (Å²) < 4.78 is 5.42. The van der Waals surface area contributed by atoms with Crippen molar-refractivity contribution in [3.05, 3.63) is 35.9 Å². The van der Waals surface area contributed by atoms with E-state index in [1.54, 1.807) is 0 Å². The maximum atomic E-state index is 11.8. The number of ether oxygens (including phenoxy) is 1. The van der Waals surface area contributed by atoms with Gasteiger partial charge in [-0.25, -0.2) is 0 Å². The van der Waals surface area contributed by atoms with Crippen LogP contribution in [0.25, 0.3) is 0 Å². The molecule has 0 aliphatic carbocycles. The van der Waals surface area contributed by atoms with Crippen molar-refractivity contribution in [2.75, 3.05) is 19.8 Å². The first-order valence-electron chi connectivity index (χ1n) is 6.77. The van der Waals surface area contributed by atoms with Crippen LogP contribution in [0.15, 0.2) is 30.3 Å². The van der Waals surface area contributed by atoms with Gasteiger partial charge >= 0.3 is 0 Å². The van der Waals surface area contributed by atoms with E-state index in [9.17, 15) is 4.79 Å². The van der Waals surface area contributed by atoms with E-state index in [1.165, 1.54) is 0 Å². The van der Waals surface area contributed by atoms with Gasteiger partial charge in [0.2, 0.25) is 5.91 Å². The molecule has 3 N–H and O–H groups in total. The summed E-state index contributed by atoms with van der Waals surface area (Å²) in [5.41, 5.74) is 6.69. The fourth-order valence-corrected chi connectivity index (χ4v) is 1.59. The molecule has 0 saturated heterocycles. The number of amides is 1. The van der Waals surface area contributed by atoms with Crippen LogP contribution in [0.1, 0.15) is 31.9 Å². The van der Waals surface area contributed by atoms with Gasteiger partial charge in [-0.15, -0.1) is 0 Å². The van der Waals surface area contributed by atoms with Crippen LogP contribution >= 0.6 is 0 Å². The largest absolute Gasteiger partial charge is 0.380 e. The molecule has 0 heterocycles. The van der Waals surface area contributed by atoms with E-state index in [-0.39, 0.29) is 5.91 Å². The molecule has 0 saturated carbocycles. The maximum Gasteiger partial charge on any atom is 0.241 e. The average Bonchev–Trinajstić information content (AvgIpc) is 2.42. The van der Waals surface area contributed by atoms with Gasteiger partial charge in [0, 0.05) is 13.2 Å². The Hall–Kier alpha value is -1.39. The molecule has 106 valence electrons. The highest BCUT2D eigenvalue weighted by molar-refractivity contribution is 5.82. The highest BCUT2D eigenvalue weighted by Crippen LogP contribution is 2.08. The zero-order chi connectivity index (χ0) is 14.1. The minimum atomic E-state index is -0.614. The predicted octanol–water partition coefficient (Wildman–Crippen LogP) is 1.87. The molecule has 1 atom stereocenters. The predicted molar refractivity (Wildman–Crippen MR) is 76.7 cm³/mol. The van der Waals surface area contributed by atoms with Crippen molar-refractivity contribution in [1.29, 1.82) is 0 Å². The van der Waals surface area contributed by atoms with Crippen LogP contribution in [0.4, 0.5) is 0 Å². The molecule has 0 spiro atoms. The van der Waals surface area contributed by atoms with Crippen LogP contribution in [0.3, 0.4) is 0 Å². The first kappa shape index (κ1) is 15.7. The van der Waals surface area contributed by atoms with E-state index >= 15 is 0 Å². The van der Waals surface area contributed by atoms with Crippen LogP contribution in [0, 0.1) is 5.92 Å².